The molecule has 0 aromatic heterocycles. The topological polar surface area (TPSA) is 143 Å². The smallest absolute Gasteiger partial charge is 0.269 e. The van der Waals surface area contributed by atoms with E-state index in [1.807, 2.05) is 0 Å². The van der Waals surface area contributed by atoms with Crippen LogP contribution in [-0.2, 0) is 24.3 Å². The van der Waals surface area contributed by atoms with Crippen LogP contribution in [0.25, 0.3) is 0 Å². The highest BCUT2D eigenvalue weighted by atomic mass is 32.2. The molecule has 35 heavy (non-hydrogen) atoms. The van der Waals surface area contributed by atoms with Crippen LogP contribution in [-0.4, -0.2) is 77.5 Å². The van der Waals surface area contributed by atoms with E-state index in [1.165, 1.54) is 61.0 Å². The molecule has 2 aromatic carbocycles. The maximum Gasteiger partial charge on any atom is 0.269 e. The Labute approximate surface area is 202 Å². The summed E-state index contributed by atoms with van der Waals surface area (Å²) in [5.41, 5.74) is 4.13. The summed E-state index contributed by atoms with van der Waals surface area (Å²) in [6.45, 7) is 0.144. The first-order valence-corrected chi connectivity index (χ1v) is 11.8. The third kappa shape index (κ3) is 8.10. The third-order valence-electron chi connectivity index (χ3n) is 4.69. The quantitative estimate of drug-likeness (QED) is 0.349. The maximum atomic E-state index is 13.6. The third-order valence-corrected chi connectivity index (χ3v) is 6.60. The first kappa shape index (κ1) is 27.9. The van der Waals surface area contributed by atoms with Gasteiger partial charge in [0.1, 0.15) is 5.82 Å². The molecule has 0 aliphatic heterocycles. The molecular weight excluding hydrogens is 483 g/mol. The highest BCUT2D eigenvalue weighted by Crippen LogP contribution is 2.16. The van der Waals surface area contributed by atoms with E-state index >= 15 is 0 Å². The van der Waals surface area contributed by atoms with Crippen molar-refractivity contribution < 1.29 is 36.7 Å². The van der Waals surface area contributed by atoms with E-state index in [0.717, 1.165) is 6.07 Å². The Hall–Kier alpha value is -3.39. The van der Waals surface area contributed by atoms with Crippen LogP contribution in [0.15, 0.2) is 53.4 Å². The van der Waals surface area contributed by atoms with Crippen LogP contribution >= 0.6 is 0 Å². The molecule has 0 radical (unpaired) electrons. The normalized spacial score (nSPS) is 11.2. The number of ether oxygens (including phenoxy) is 2. The molecule has 0 atom stereocenters. The zero-order chi connectivity index (χ0) is 25.8. The van der Waals surface area contributed by atoms with Gasteiger partial charge < -0.3 is 14.8 Å². The van der Waals surface area contributed by atoms with E-state index in [0.29, 0.717) is 0 Å². The fraction of sp³-hybridized carbons (Fsp3) is 0.318. The fourth-order valence-electron chi connectivity index (χ4n) is 2.81. The lowest BCUT2D eigenvalue weighted by Crippen LogP contribution is -2.46. The van der Waals surface area contributed by atoms with Crippen LogP contribution in [0, 0.1) is 5.82 Å². The molecule has 13 heteroatoms. The molecule has 2 aromatic rings. The molecule has 0 saturated heterocycles. The number of halogens is 1. The van der Waals surface area contributed by atoms with Crippen molar-refractivity contribution in [3.63, 3.8) is 0 Å². The van der Waals surface area contributed by atoms with Crippen LogP contribution in [0.2, 0.25) is 0 Å². The minimum Gasteiger partial charge on any atom is -0.383 e. The van der Waals surface area contributed by atoms with Crippen molar-refractivity contribution in [2.24, 2.45) is 0 Å². The SMILES string of the molecule is COCCN(CCOC)S(=O)(=O)c1ccc(C(=O)NNC(=O)CNC(=O)c2ccccc2F)cc1. The molecule has 3 amide bonds. The van der Waals surface area contributed by atoms with Crippen molar-refractivity contribution in [1.29, 1.82) is 0 Å². The number of rotatable bonds is 12. The number of carbonyl (C=O) groups excluding carboxylic acids is 3. The Bertz CT molecular complexity index is 1120. The van der Waals surface area contributed by atoms with E-state index < -0.39 is 40.1 Å². The lowest BCUT2D eigenvalue weighted by atomic mass is 10.2. The summed E-state index contributed by atoms with van der Waals surface area (Å²) in [4.78, 5) is 36.1. The second-order valence-corrected chi connectivity index (χ2v) is 9.02. The second-order valence-electron chi connectivity index (χ2n) is 7.08. The molecule has 3 N–H and O–H groups in total. The molecular formula is C22H27FN4O7S. The van der Waals surface area contributed by atoms with Crippen LogP contribution in [0.4, 0.5) is 4.39 Å². The molecule has 0 aliphatic carbocycles. The van der Waals surface area contributed by atoms with Crippen molar-refractivity contribution in [3.05, 3.63) is 65.5 Å². The summed E-state index contributed by atoms with van der Waals surface area (Å²) >= 11 is 0. The van der Waals surface area contributed by atoms with E-state index in [-0.39, 0.29) is 42.3 Å². The number of hydrazine groups is 1. The summed E-state index contributed by atoms with van der Waals surface area (Å²) in [5, 5.41) is 2.24. The average Bonchev–Trinajstić information content (AvgIpc) is 2.86. The van der Waals surface area contributed by atoms with Crippen molar-refractivity contribution in [2.45, 2.75) is 4.90 Å². The number of carbonyl (C=O) groups is 3. The van der Waals surface area contributed by atoms with E-state index in [4.69, 9.17) is 9.47 Å². The predicted molar refractivity (Wildman–Crippen MR) is 123 cm³/mol. The van der Waals surface area contributed by atoms with Gasteiger partial charge in [-0.15, -0.1) is 0 Å². The first-order chi connectivity index (χ1) is 16.7. The molecule has 0 spiro atoms. The number of hydrogen-bond acceptors (Lipinski definition) is 7. The van der Waals surface area contributed by atoms with Gasteiger partial charge in [-0.2, -0.15) is 4.31 Å². The van der Waals surface area contributed by atoms with Gasteiger partial charge in [0.2, 0.25) is 10.0 Å². The fourth-order valence-corrected chi connectivity index (χ4v) is 4.22. The Morgan fingerprint density at radius 1 is 0.886 bits per heavy atom. The molecule has 0 bridgehead atoms. The molecule has 11 nitrogen and oxygen atoms in total. The van der Waals surface area contributed by atoms with Gasteiger partial charge in [-0.25, -0.2) is 12.8 Å². The van der Waals surface area contributed by atoms with Gasteiger partial charge in [0.15, 0.2) is 0 Å². The van der Waals surface area contributed by atoms with Gasteiger partial charge in [0, 0.05) is 32.9 Å². The number of amides is 3. The zero-order valence-corrected chi connectivity index (χ0v) is 20.1. The Morgan fingerprint density at radius 2 is 1.49 bits per heavy atom. The van der Waals surface area contributed by atoms with Gasteiger partial charge in [0.25, 0.3) is 17.7 Å². The van der Waals surface area contributed by atoms with E-state index in [1.54, 1.807) is 0 Å². The minimum absolute atomic E-state index is 0.0267. The molecule has 0 saturated carbocycles. The number of benzene rings is 2. The van der Waals surface area contributed by atoms with Crippen LogP contribution in [0.5, 0.6) is 0 Å². The summed E-state index contributed by atoms with van der Waals surface area (Å²) < 4.78 is 50.5. The van der Waals surface area contributed by atoms with Gasteiger partial charge in [-0.1, -0.05) is 12.1 Å². The Kier molecular flexibility index (Phi) is 10.7. The number of nitrogens with zero attached hydrogens (tertiary/aromatic N) is 1. The lowest BCUT2D eigenvalue weighted by molar-refractivity contribution is -0.120. The van der Waals surface area contributed by atoms with Gasteiger partial charge in [0.05, 0.1) is 30.2 Å². The largest absolute Gasteiger partial charge is 0.383 e. The van der Waals surface area contributed by atoms with E-state index in [2.05, 4.69) is 16.2 Å². The molecule has 0 unspecified atom stereocenters. The summed E-state index contributed by atoms with van der Waals surface area (Å²) in [6, 6.07) is 10.4. The minimum atomic E-state index is -3.85. The number of nitrogens with one attached hydrogen (secondary N) is 3. The predicted octanol–water partition coefficient (Wildman–Crippen LogP) is 0.300. The van der Waals surface area contributed by atoms with Crippen molar-refractivity contribution in [2.75, 3.05) is 47.1 Å². The van der Waals surface area contributed by atoms with Gasteiger partial charge >= 0.3 is 0 Å². The van der Waals surface area contributed by atoms with Crippen molar-refractivity contribution >= 4 is 27.7 Å². The number of hydrogen-bond donors (Lipinski definition) is 3. The molecule has 0 heterocycles. The summed E-state index contributed by atoms with van der Waals surface area (Å²) in [6.07, 6.45) is 0. The summed E-state index contributed by atoms with van der Waals surface area (Å²) in [7, 11) is -0.925. The Balaban J connectivity index is 1.92. The molecule has 2 rings (SSSR count). The molecule has 0 aliphatic rings. The maximum absolute atomic E-state index is 13.6. The van der Waals surface area contributed by atoms with Crippen LogP contribution in [0.1, 0.15) is 20.7 Å². The van der Waals surface area contributed by atoms with Gasteiger partial charge in [-0.05, 0) is 36.4 Å². The highest BCUT2D eigenvalue weighted by Gasteiger charge is 2.24. The monoisotopic (exact) mass is 510 g/mol. The van der Waals surface area contributed by atoms with Gasteiger partial charge in [-0.3, -0.25) is 25.2 Å². The van der Waals surface area contributed by atoms with Crippen LogP contribution < -0.4 is 16.2 Å². The van der Waals surface area contributed by atoms with Crippen LogP contribution in [0.3, 0.4) is 0 Å². The molecule has 190 valence electrons. The van der Waals surface area contributed by atoms with Crippen molar-refractivity contribution in [3.8, 4) is 0 Å². The lowest BCUT2D eigenvalue weighted by Gasteiger charge is -2.21. The number of methoxy groups -OCH3 is 2. The average molecular weight is 511 g/mol. The highest BCUT2D eigenvalue weighted by molar-refractivity contribution is 7.89. The van der Waals surface area contributed by atoms with E-state index in [9.17, 15) is 27.2 Å². The second kappa shape index (κ2) is 13.5. The summed E-state index contributed by atoms with van der Waals surface area (Å²) in [5.74, 6) is -2.98. The Morgan fingerprint density at radius 3 is 2.06 bits per heavy atom. The standard InChI is InChI=1S/C22H27FN4O7S/c1-33-13-11-27(12-14-34-2)35(31,32)17-9-7-16(8-10-17)21(29)26-25-20(28)15-24-22(30)18-5-3-4-6-19(18)23/h3-10H,11-15H2,1-2H3,(H,24,30)(H,25,28)(H,26,29). The zero-order valence-electron chi connectivity index (χ0n) is 19.2. The number of sulfonamides is 1. The van der Waals surface area contributed by atoms with Crippen molar-refractivity contribution in [1.82, 2.24) is 20.5 Å². The molecule has 0 fully saturated rings. The first-order valence-electron chi connectivity index (χ1n) is 10.4.